The molecule has 1 aliphatic carbocycles. The number of rotatable bonds is 3. The Hall–Kier alpha value is -2.01. The number of hydrogen-bond acceptors (Lipinski definition) is 4. The summed E-state index contributed by atoms with van der Waals surface area (Å²) < 4.78 is 5.69. The minimum absolute atomic E-state index is 0.142. The molecule has 4 rings (SSSR count). The summed E-state index contributed by atoms with van der Waals surface area (Å²) in [6.07, 6.45) is 9.87. The number of benzene rings is 1. The van der Waals surface area contributed by atoms with Gasteiger partial charge >= 0.3 is 0 Å². The van der Waals surface area contributed by atoms with Crippen molar-refractivity contribution in [3.05, 3.63) is 47.7 Å². The van der Waals surface area contributed by atoms with Crippen molar-refractivity contribution < 1.29 is 9.21 Å². The van der Waals surface area contributed by atoms with Gasteiger partial charge in [0, 0.05) is 12.2 Å². The monoisotopic (exact) mass is 340 g/mol. The summed E-state index contributed by atoms with van der Waals surface area (Å²) in [5.74, 6) is 0.500. The van der Waals surface area contributed by atoms with E-state index in [0.29, 0.717) is 11.0 Å². The van der Waals surface area contributed by atoms with Crippen LogP contribution in [0.1, 0.15) is 32.1 Å². The zero-order valence-electron chi connectivity index (χ0n) is 13.5. The van der Waals surface area contributed by atoms with Crippen molar-refractivity contribution in [2.45, 2.75) is 37.3 Å². The Balaban J connectivity index is 1.47. The lowest BCUT2D eigenvalue weighted by Gasteiger charge is -2.25. The number of hydrogen-bond donors (Lipinski definition) is 0. The lowest BCUT2D eigenvalue weighted by Crippen LogP contribution is -2.32. The van der Waals surface area contributed by atoms with Crippen molar-refractivity contribution in [3.8, 4) is 0 Å². The largest absolute Gasteiger partial charge is 0.431 e. The zero-order chi connectivity index (χ0) is 16.4. The van der Waals surface area contributed by atoms with E-state index in [4.69, 9.17) is 4.42 Å². The Morgan fingerprint density at radius 1 is 1.25 bits per heavy atom. The zero-order valence-corrected chi connectivity index (χ0v) is 14.3. The predicted octanol–water partition coefficient (Wildman–Crippen LogP) is 4.54. The van der Waals surface area contributed by atoms with Crippen LogP contribution in [0.5, 0.6) is 0 Å². The van der Waals surface area contributed by atoms with Gasteiger partial charge in [0.25, 0.3) is 5.22 Å². The fraction of sp³-hybridized carbons (Fsp3) is 0.368. The number of para-hydroxylation sites is 2. The molecule has 1 aliphatic heterocycles. The van der Waals surface area contributed by atoms with Crippen LogP contribution in [0.15, 0.2) is 57.3 Å². The number of fused-ring (bicyclic) bond motifs is 1. The SMILES string of the molecule is O=C(CSc1nc2ccccc2o1)N1CCCCC2=C1C=CCC2. The molecule has 0 fully saturated rings. The number of carbonyl (C=O) groups excluding carboxylic acids is 1. The third-order valence-electron chi connectivity index (χ3n) is 4.55. The topological polar surface area (TPSA) is 46.3 Å². The van der Waals surface area contributed by atoms with Gasteiger partial charge in [-0.2, -0.15) is 0 Å². The molecule has 1 aromatic heterocycles. The third-order valence-corrected chi connectivity index (χ3v) is 5.36. The predicted molar refractivity (Wildman–Crippen MR) is 95.7 cm³/mol. The van der Waals surface area contributed by atoms with Crippen molar-refractivity contribution in [1.82, 2.24) is 9.88 Å². The highest BCUT2D eigenvalue weighted by atomic mass is 32.2. The van der Waals surface area contributed by atoms with Gasteiger partial charge < -0.3 is 9.32 Å². The smallest absolute Gasteiger partial charge is 0.257 e. The first-order valence-electron chi connectivity index (χ1n) is 8.48. The Morgan fingerprint density at radius 3 is 3.08 bits per heavy atom. The summed E-state index contributed by atoms with van der Waals surface area (Å²) in [7, 11) is 0. The molecule has 1 aromatic carbocycles. The second-order valence-corrected chi connectivity index (χ2v) is 7.10. The standard InChI is InChI=1S/C19H20N2O2S/c22-18(13-24-19-20-15-9-2-4-11-17(15)23-19)21-12-6-5-8-14-7-1-3-10-16(14)21/h2-4,9-11H,1,5-8,12-13H2. The van der Waals surface area contributed by atoms with Crippen molar-refractivity contribution in [2.75, 3.05) is 12.3 Å². The molecule has 0 saturated heterocycles. The van der Waals surface area contributed by atoms with E-state index in [1.165, 1.54) is 23.8 Å². The molecule has 5 heteroatoms. The van der Waals surface area contributed by atoms with Crippen LogP contribution >= 0.6 is 11.8 Å². The van der Waals surface area contributed by atoms with Gasteiger partial charge in [-0.25, -0.2) is 4.98 Å². The minimum Gasteiger partial charge on any atom is -0.431 e. The summed E-state index contributed by atoms with van der Waals surface area (Å²) in [6, 6.07) is 7.68. The van der Waals surface area contributed by atoms with E-state index in [1.54, 1.807) is 0 Å². The van der Waals surface area contributed by atoms with E-state index in [0.717, 1.165) is 49.0 Å². The van der Waals surface area contributed by atoms with E-state index < -0.39 is 0 Å². The lowest BCUT2D eigenvalue weighted by atomic mass is 9.98. The Morgan fingerprint density at radius 2 is 2.17 bits per heavy atom. The van der Waals surface area contributed by atoms with Crippen LogP contribution in [0.3, 0.4) is 0 Å². The van der Waals surface area contributed by atoms with Crippen LogP contribution in [0, 0.1) is 0 Å². The van der Waals surface area contributed by atoms with Crippen molar-refractivity contribution in [3.63, 3.8) is 0 Å². The van der Waals surface area contributed by atoms with Gasteiger partial charge in [-0.3, -0.25) is 4.79 Å². The fourth-order valence-corrected chi connectivity index (χ4v) is 4.05. The molecule has 2 aromatic rings. The number of aromatic nitrogens is 1. The van der Waals surface area contributed by atoms with Gasteiger partial charge in [-0.15, -0.1) is 0 Å². The van der Waals surface area contributed by atoms with Crippen LogP contribution in [0.25, 0.3) is 11.1 Å². The van der Waals surface area contributed by atoms with Gasteiger partial charge in [0.2, 0.25) is 5.91 Å². The molecule has 0 bridgehead atoms. The Bertz CT molecular complexity index is 789. The van der Waals surface area contributed by atoms with E-state index in [2.05, 4.69) is 17.1 Å². The fourth-order valence-electron chi connectivity index (χ4n) is 3.33. The normalized spacial score (nSPS) is 17.9. The summed E-state index contributed by atoms with van der Waals surface area (Å²) >= 11 is 1.38. The first-order valence-corrected chi connectivity index (χ1v) is 9.47. The molecule has 0 radical (unpaired) electrons. The molecule has 0 atom stereocenters. The number of oxazole rings is 1. The maximum Gasteiger partial charge on any atom is 0.257 e. The summed E-state index contributed by atoms with van der Waals surface area (Å²) in [5, 5.41) is 0.563. The number of thioether (sulfide) groups is 1. The molecule has 2 aliphatic rings. The van der Waals surface area contributed by atoms with Gasteiger partial charge in [0.15, 0.2) is 5.58 Å². The summed E-state index contributed by atoms with van der Waals surface area (Å²) in [4.78, 5) is 19.2. The second kappa shape index (κ2) is 6.85. The van der Waals surface area contributed by atoms with Gasteiger partial charge in [-0.1, -0.05) is 30.0 Å². The Kier molecular flexibility index (Phi) is 4.43. The molecule has 24 heavy (non-hydrogen) atoms. The van der Waals surface area contributed by atoms with Crippen LogP contribution in [-0.4, -0.2) is 28.1 Å². The quantitative estimate of drug-likeness (QED) is 0.770. The van der Waals surface area contributed by atoms with Gasteiger partial charge in [0.05, 0.1) is 5.75 Å². The first-order chi connectivity index (χ1) is 11.8. The lowest BCUT2D eigenvalue weighted by molar-refractivity contribution is -0.126. The van der Waals surface area contributed by atoms with E-state index in [-0.39, 0.29) is 5.91 Å². The van der Waals surface area contributed by atoms with Crippen molar-refractivity contribution in [2.24, 2.45) is 0 Å². The molecular formula is C19H20N2O2S. The highest BCUT2D eigenvalue weighted by Gasteiger charge is 2.23. The first kappa shape index (κ1) is 15.5. The second-order valence-electron chi connectivity index (χ2n) is 6.17. The summed E-state index contributed by atoms with van der Waals surface area (Å²) in [6.45, 7) is 0.816. The highest BCUT2D eigenvalue weighted by molar-refractivity contribution is 7.99. The average Bonchev–Trinajstić information content (AvgIpc) is 2.91. The van der Waals surface area contributed by atoms with Crippen LogP contribution < -0.4 is 0 Å². The van der Waals surface area contributed by atoms with E-state index in [1.807, 2.05) is 29.2 Å². The minimum atomic E-state index is 0.142. The Labute approximate surface area is 145 Å². The number of allylic oxidation sites excluding steroid dienone is 3. The van der Waals surface area contributed by atoms with Gasteiger partial charge in [0.1, 0.15) is 5.52 Å². The molecule has 0 N–H and O–H groups in total. The van der Waals surface area contributed by atoms with Crippen molar-refractivity contribution in [1.29, 1.82) is 0 Å². The summed E-state index contributed by atoms with van der Waals surface area (Å²) in [5.41, 5.74) is 4.18. The number of amides is 1. The average molecular weight is 340 g/mol. The van der Waals surface area contributed by atoms with Crippen LogP contribution in [-0.2, 0) is 4.79 Å². The molecule has 2 heterocycles. The maximum atomic E-state index is 12.8. The maximum absolute atomic E-state index is 12.8. The number of carbonyl (C=O) groups is 1. The molecule has 0 unspecified atom stereocenters. The van der Waals surface area contributed by atoms with Crippen LogP contribution in [0.2, 0.25) is 0 Å². The molecule has 0 saturated carbocycles. The molecule has 124 valence electrons. The molecule has 1 amide bonds. The van der Waals surface area contributed by atoms with E-state index >= 15 is 0 Å². The third kappa shape index (κ3) is 3.13. The molecule has 4 nitrogen and oxygen atoms in total. The van der Waals surface area contributed by atoms with Gasteiger partial charge in [-0.05, 0) is 55.9 Å². The molecular weight excluding hydrogens is 320 g/mol. The molecule has 0 spiro atoms. The van der Waals surface area contributed by atoms with E-state index in [9.17, 15) is 4.79 Å². The van der Waals surface area contributed by atoms with Crippen molar-refractivity contribution >= 4 is 28.8 Å². The number of nitrogens with zero attached hydrogens (tertiary/aromatic N) is 2. The van der Waals surface area contributed by atoms with Crippen LogP contribution in [0.4, 0.5) is 0 Å². The highest BCUT2D eigenvalue weighted by Crippen LogP contribution is 2.30.